The van der Waals surface area contributed by atoms with Crippen molar-refractivity contribution in [2.24, 2.45) is 5.73 Å². The molecule has 5 heteroatoms. The minimum absolute atomic E-state index is 0.119. The van der Waals surface area contributed by atoms with Crippen molar-refractivity contribution in [2.75, 3.05) is 25.6 Å². The summed E-state index contributed by atoms with van der Waals surface area (Å²) < 4.78 is 13.8. The number of thioether (sulfide) groups is 1. The number of halogens is 2. The molecule has 2 nitrogen and oxygen atoms in total. The van der Waals surface area contributed by atoms with Gasteiger partial charge < -0.3 is 5.73 Å². The number of hydrogen-bond acceptors (Lipinski definition) is 3. The summed E-state index contributed by atoms with van der Waals surface area (Å²) in [7, 11) is 2.10. The van der Waals surface area contributed by atoms with Gasteiger partial charge in [-0.15, -0.1) is 0 Å². The van der Waals surface area contributed by atoms with Crippen molar-refractivity contribution in [1.29, 1.82) is 0 Å². The first kappa shape index (κ1) is 17.0. The molecule has 0 amide bonds. The van der Waals surface area contributed by atoms with Crippen molar-refractivity contribution in [2.45, 2.75) is 25.4 Å². The first-order chi connectivity index (χ1) is 9.04. The third-order valence-electron chi connectivity index (χ3n) is 3.45. The molecular formula is C14H22BrFN2S. The molecule has 19 heavy (non-hydrogen) atoms. The van der Waals surface area contributed by atoms with Crippen LogP contribution in [-0.2, 0) is 0 Å². The minimum atomic E-state index is -0.238. The monoisotopic (exact) mass is 348 g/mol. The van der Waals surface area contributed by atoms with Crippen LogP contribution in [0.2, 0.25) is 0 Å². The Morgan fingerprint density at radius 2 is 2.16 bits per heavy atom. The fourth-order valence-corrected chi connectivity index (χ4v) is 3.48. The first-order valence-corrected chi connectivity index (χ1v) is 8.59. The van der Waals surface area contributed by atoms with Crippen LogP contribution >= 0.6 is 27.7 Å². The fraction of sp³-hybridized carbons (Fsp3) is 0.571. The lowest BCUT2D eigenvalue weighted by Gasteiger charge is -2.34. The Balaban J connectivity index is 2.94. The average molecular weight is 349 g/mol. The van der Waals surface area contributed by atoms with Crippen LogP contribution in [0, 0.1) is 5.82 Å². The maximum atomic E-state index is 13.3. The van der Waals surface area contributed by atoms with Crippen LogP contribution in [-0.4, -0.2) is 36.5 Å². The fourth-order valence-electron chi connectivity index (χ4n) is 2.23. The van der Waals surface area contributed by atoms with Gasteiger partial charge in [-0.05, 0) is 53.4 Å². The summed E-state index contributed by atoms with van der Waals surface area (Å²) in [5.74, 6) is 0.838. The van der Waals surface area contributed by atoms with E-state index in [1.807, 2.05) is 23.9 Å². The van der Waals surface area contributed by atoms with E-state index >= 15 is 0 Å². The van der Waals surface area contributed by atoms with Crippen molar-refractivity contribution < 1.29 is 4.39 Å². The Hall–Kier alpha value is -0.100. The average Bonchev–Trinajstić information content (AvgIpc) is 2.40. The van der Waals surface area contributed by atoms with E-state index in [0.29, 0.717) is 17.1 Å². The van der Waals surface area contributed by atoms with Crippen LogP contribution in [0.4, 0.5) is 4.39 Å². The highest BCUT2D eigenvalue weighted by molar-refractivity contribution is 9.10. The number of hydrogen-bond donors (Lipinski definition) is 1. The zero-order valence-corrected chi connectivity index (χ0v) is 14.1. The molecule has 0 fully saturated rings. The summed E-state index contributed by atoms with van der Waals surface area (Å²) in [5, 5.41) is 0. The first-order valence-electron chi connectivity index (χ1n) is 6.41. The van der Waals surface area contributed by atoms with Crippen molar-refractivity contribution in [3.05, 3.63) is 34.1 Å². The largest absolute Gasteiger partial charge is 0.329 e. The number of likely N-dealkylation sites (N-methyl/N-ethyl adjacent to an activating group) is 1. The molecule has 0 bridgehead atoms. The summed E-state index contributed by atoms with van der Waals surface area (Å²) in [4.78, 5) is 2.30. The molecule has 0 heterocycles. The van der Waals surface area contributed by atoms with Gasteiger partial charge in [0.15, 0.2) is 0 Å². The smallest absolute Gasteiger partial charge is 0.137 e. The molecule has 0 radical (unpaired) electrons. The topological polar surface area (TPSA) is 29.3 Å². The summed E-state index contributed by atoms with van der Waals surface area (Å²) in [6, 6.07) is 5.74. The number of benzene rings is 1. The Labute approximate surface area is 128 Å². The van der Waals surface area contributed by atoms with Crippen LogP contribution in [0.3, 0.4) is 0 Å². The maximum absolute atomic E-state index is 13.3. The third kappa shape index (κ3) is 4.45. The van der Waals surface area contributed by atoms with Gasteiger partial charge in [-0.2, -0.15) is 11.8 Å². The van der Waals surface area contributed by atoms with Gasteiger partial charge in [0.1, 0.15) is 5.82 Å². The van der Waals surface area contributed by atoms with Gasteiger partial charge in [-0.25, -0.2) is 4.39 Å². The Morgan fingerprint density at radius 1 is 1.47 bits per heavy atom. The maximum Gasteiger partial charge on any atom is 0.137 e. The van der Waals surface area contributed by atoms with Gasteiger partial charge in [0.2, 0.25) is 0 Å². The van der Waals surface area contributed by atoms with E-state index in [2.05, 4.69) is 41.1 Å². The Kier molecular flexibility index (Phi) is 7.36. The van der Waals surface area contributed by atoms with Crippen molar-refractivity contribution in [3.8, 4) is 0 Å². The normalized spacial score (nSPS) is 14.7. The lowest BCUT2D eigenvalue weighted by Crippen LogP contribution is -2.39. The molecule has 0 aliphatic rings. The van der Waals surface area contributed by atoms with Crippen LogP contribution in [0.1, 0.15) is 24.9 Å². The molecule has 0 aromatic heterocycles. The van der Waals surface area contributed by atoms with E-state index in [-0.39, 0.29) is 11.9 Å². The van der Waals surface area contributed by atoms with Gasteiger partial charge in [-0.1, -0.05) is 13.0 Å². The van der Waals surface area contributed by atoms with Gasteiger partial charge in [0.25, 0.3) is 0 Å². The highest BCUT2D eigenvalue weighted by Gasteiger charge is 2.22. The summed E-state index contributed by atoms with van der Waals surface area (Å²) >= 11 is 5.08. The van der Waals surface area contributed by atoms with E-state index in [1.54, 1.807) is 0 Å². The Bertz CT molecular complexity index is 403. The van der Waals surface area contributed by atoms with Crippen molar-refractivity contribution in [3.63, 3.8) is 0 Å². The number of rotatable bonds is 7. The SMILES string of the molecule is CCC(CSC)N(C)C(CN)c1ccc(F)c(Br)c1. The Morgan fingerprint density at radius 3 is 2.63 bits per heavy atom. The molecule has 0 spiro atoms. The van der Waals surface area contributed by atoms with Gasteiger partial charge >= 0.3 is 0 Å². The molecule has 0 saturated heterocycles. The minimum Gasteiger partial charge on any atom is -0.329 e. The van der Waals surface area contributed by atoms with Gasteiger partial charge in [0.05, 0.1) is 4.47 Å². The van der Waals surface area contributed by atoms with Crippen LogP contribution in [0.5, 0.6) is 0 Å². The second-order valence-electron chi connectivity index (χ2n) is 4.61. The summed E-state index contributed by atoms with van der Waals surface area (Å²) in [6.45, 7) is 2.71. The molecule has 1 aromatic carbocycles. The van der Waals surface area contributed by atoms with Crippen LogP contribution < -0.4 is 5.73 Å². The molecule has 0 aliphatic carbocycles. The molecule has 0 aliphatic heterocycles. The lowest BCUT2D eigenvalue weighted by molar-refractivity contribution is 0.188. The van der Waals surface area contributed by atoms with Gasteiger partial charge in [-0.3, -0.25) is 4.90 Å². The molecule has 1 rings (SSSR count). The molecule has 1 aromatic rings. The second kappa shape index (κ2) is 8.25. The van der Waals surface area contributed by atoms with Gasteiger partial charge in [0, 0.05) is 24.4 Å². The number of nitrogens with two attached hydrogens (primary N) is 1. The van der Waals surface area contributed by atoms with E-state index < -0.39 is 0 Å². The highest BCUT2D eigenvalue weighted by atomic mass is 79.9. The standard InChI is InChI=1S/C14H22BrFN2S/c1-4-11(9-19-3)18(2)14(8-17)10-5-6-13(16)12(15)7-10/h5-7,11,14H,4,8-9,17H2,1-3H3. The highest BCUT2D eigenvalue weighted by Crippen LogP contribution is 2.26. The molecular weight excluding hydrogens is 327 g/mol. The van der Waals surface area contributed by atoms with Crippen molar-refractivity contribution >= 4 is 27.7 Å². The quantitative estimate of drug-likeness (QED) is 0.815. The summed E-state index contributed by atoms with van der Waals surface area (Å²) in [6.07, 6.45) is 3.19. The lowest BCUT2D eigenvalue weighted by atomic mass is 10.0. The summed E-state index contributed by atoms with van der Waals surface area (Å²) in [5.41, 5.74) is 6.98. The third-order valence-corrected chi connectivity index (χ3v) is 4.78. The second-order valence-corrected chi connectivity index (χ2v) is 6.37. The molecule has 2 unspecified atom stereocenters. The van der Waals surface area contributed by atoms with Crippen LogP contribution in [0.25, 0.3) is 0 Å². The zero-order chi connectivity index (χ0) is 14.4. The zero-order valence-electron chi connectivity index (χ0n) is 11.7. The molecule has 0 saturated carbocycles. The van der Waals surface area contributed by atoms with E-state index in [0.717, 1.165) is 17.7 Å². The van der Waals surface area contributed by atoms with E-state index in [1.165, 1.54) is 6.07 Å². The van der Waals surface area contributed by atoms with Crippen molar-refractivity contribution in [1.82, 2.24) is 4.90 Å². The van der Waals surface area contributed by atoms with E-state index in [9.17, 15) is 4.39 Å². The number of nitrogens with zero attached hydrogens (tertiary/aromatic N) is 1. The van der Waals surface area contributed by atoms with Crippen LogP contribution in [0.15, 0.2) is 22.7 Å². The predicted molar refractivity (Wildman–Crippen MR) is 86.1 cm³/mol. The van der Waals surface area contributed by atoms with E-state index in [4.69, 9.17) is 5.73 Å². The predicted octanol–water partition coefficient (Wildman–Crippen LogP) is 3.66. The molecule has 2 N–H and O–H groups in total. The molecule has 108 valence electrons. The molecule has 2 atom stereocenters.